The standard InChI is InChI=1S/C33H31N2O/c1-5-32(3)25-17-9-7-15-24(25)31-34(26-18-10-11-19-27(26)35(31)33(32,4)6-2)28-20-13-16-23-22-14-8-12-21-29(22)36-30(23)28/h7-21H,5-6H2,1-4H3/q+1. The smallest absolute Gasteiger partial charge is 0.295 e. The maximum Gasteiger partial charge on any atom is 0.295 e. The van der Waals surface area contributed by atoms with Gasteiger partial charge in [-0.2, -0.15) is 4.57 Å². The predicted molar refractivity (Wildman–Crippen MR) is 148 cm³/mol. The van der Waals surface area contributed by atoms with E-state index in [1.54, 1.807) is 0 Å². The monoisotopic (exact) mass is 471 g/mol. The second-order valence-electron chi connectivity index (χ2n) is 10.6. The predicted octanol–water partition coefficient (Wildman–Crippen LogP) is 8.29. The van der Waals surface area contributed by atoms with Crippen molar-refractivity contribution in [1.82, 2.24) is 4.57 Å². The number of fused-ring (bicyclic) bond motifs is 8. The summed E-state index contributed by atoms with van der Waals surface area (Å²) in [5.74, 6) is 1.23. The number of para-hydroxylation sites is 4. The van der Waals surface area contributed by atoms with Crippen LogP contribution in [0.5, 0.6) is 0 Å². The summed E-state index contributed by atoms with van der Waals surface area (Å²) in [5.41, 5.74) is 8.04. The highest BCUT2D eigenvalue weighted by Crippen LogP contribution is 2.51. The van der Waals surface area contributed by atoms with E-state index in [9.17, 15) is 0 Å². The van der Waals surface area contributed by atoms with Gasteiger partial charge in [-0.15, -0.1) is 0 Å². The summed E-state index contributed by atoms with van der Waals surface area (Å²) in [6, 6.07) is 32.8. The Morgan fingerprint density at radius 1 is 0.750 bits per heavy atom. The number of imidazole rings is 1. The second-order valence-corrected chi connectivity index (χ2v) is 10.6. The minimum atomic E-state index is -0.0991. The van der Waals surface area contributed by atoms with Crippen LogP contribution in [0.2, 0.25) is 0 Å². The van der Waals surface area contributed by atoms with Crippen LogP contribution >= 0.6 is 0 Å². The molecule has 0 spiro atoms. The Balaban J connectivity index is 1.70. The largest absolute Gasteiger partial charge is 0.452 e. The quantitative estimate of drug-likeness (QED) is 0.238. The minimum Gasteiger partial charge on any atom is -0.452 e. The third-order valence-corrected chi connectivity index (χ3v) is 9.25. The van der Waals surface area contributed by atoms with Crippen LogP contribution in [0.15, 0.2) is 95.4 Å². The van der Waals surface area contributed by atoms with Crippen LogP contribution in [0.1, 0.15) is 46.1 Å². The Morgan fingerprint density at radius 3 is 2.31 bits per heavy atom. The molecule has 0 radical (unpaired) electrons. The number of benzene rings is 4. The van der Waals surface area contributed by atoms with Crippen LogP contribution in [-0.4, -0.2) is 4.57 Å². The molecule has 0 saturated carbocycles. The molecule has 0 N–H and O–H groups in total. The SMILES string of the molecule is CCC1(C)c2ccccc2-c2n(-c3cccc4c3oc3ccccc34)c3ccccc3[n+]2C1(C)CC. The van der Waals surface area contributed by atoms with E-state index >= 15 is 0 Å². The number of nitrogens with zero attached hydrogens (tertiary/aromatic N) is 2. The maximum absolute atomic E-state index is 6.55. The molecule has 36 heavy (non-hydrogen) atoms. The van der Waals surface area contributed by atoms with E-state index < -0.39 is 0 Å². The summed E-state index contributed by atoms with van der Waals surface area (Å²) in [7, 11) is 0. The number of rotatable bonds is 3. The molecule has 3 nitrogen and oxygen atoms in total. The van der Waals surface area contributed by atoms with Gasteiger partial charge >= 0.3 is 0 Å². The van der Waals surface area contributed by atoms with E-state index in [-0.39, 0.29) is 11.0 Å². The van der Waals surface area contributed by atoms with Gasteiger partial charge in [0.2, 0.25) is 0 Å². The van der Waals surface area contributed by atoms with Crippen molar-refractivity contribution in [3.8, 4) is 17.1 Å². The third kappa shape index (κ3) is 2.46. The van der Waals surface area contributed by atoms with Crippen molar-refractivity contribution in [2.24, 2.45) is 0 Å². The molecule has 6 aromatic rings. The summed E-state index contributed by atoms with van der Waals surface area (Å²) in [6.07, 6.45) is 2.10. The van der Waals surface area contributed by atoms with Gasteiger partial charge in [-0.1, -0.05) is 81.4 Å². The molecule has 178 valence electrons. The van der Waals surface area contributed by atoms with Crippen molar-refractivity contribution in [1.29, 1.82) is 0 Å². The molecule has 3 heteroatoms. The molecular formula is C33H31N2O+. The zero-order valence-electron chi connectivity index (χ0n) is 21.4. The van der Waals surface area contributed by atoms with Crippen LogP contribution in [0.25, 0.3) is 50.0 Å². The Bertz CT molecular complexity index is 1810. The Kier molecular flexibility index (Phi) is 4.36. The highest BCUT2D eigenvalue weighted by molar-refractivity contribution is 6.08. The normalized spacial score (nSPS) is 21.2. The summed E-state index contributed by atoms with van der Waals surface area (Å²) >= 11 is 0. The molecule has 0 amide bonds. The Labute approximate surface area is 211 Å². The van der Waals surface area contributed by atoms with Gasteiger partial charge in [0.1, 0.15) is 11.1 Å². The second kappa shape index (κ2) is 7.33. The molecule has 0 saturated heterocycles. The molecule has 0 aliphatic carbocycles. The van der Waals surface area contributed by atoms with E-state index in [4.69, 9.17) is 4.42 Å². The lowest BCUT2D eigenvalue weighted by Gasteiger charge is -2.47. The van der Waals surface area contributed by atoms with E-state index in [2.05, 4.69) is 122 Å². The Morgan fingerprint density at radius 2 is 1.47 bits per heavy atom. The summed E-state index contributed by atoms with van der Waals surface area (Å²) < 4.78 is 11.6. The summed E-state index contributed by atoms with van der Waals surface area (Å²) in [5, 5.41) is 2.31. The topological polar surface area (TPSA) is 21.9 Å². The van der Waals surface area contributed by atoms with Crippen molar-refractivity contribution in [2.75, 3.05) is 0 Å². The van der Waals surface area contributed by atoms with Gasteiger partial charge in [0.25, 0.3) is 5.82 Å². The molecule has 0 bridgehead atoms. The van der Waals surface area contributed by atoms with Crippen LogP contribution in [0, 0.1) is 0 Å². The van der Waals surface area contributed by atoms with Crippen LogP contribution in [0.4, 0.5) is 0 Å². The molecule has 2 unspecified atom stereocenters. The van der Waals surface area contributed by atoms with Gasteiger partial charge in [0, 0.05) is 16.2 Å². The van der Waals surface area contributed by atoms with Crippen molar-refractivity contribution in [3.63, 3.8) is 0 Å². The fourth-order valence-corrected chi connectivity index (χ4v) is 6.88. The van der Waals surface area contributed by atoms with E-state index in [0.29, 0.717) is 0 Å². The van der Waals surface area contributed by atoms with Crippen LogP contribution < -0.4 is 4.57 Å². The molecule has 0 fully saturated rings. The lowest BCUT2D eigenvalue weighted by molar-refractivity contribution is -0.743. The van der Waals surface area contributed by atoms with Crippen LogP contribution in [-0.2, 0) is 11.0 Å². The molecule has 4 aromatic carbocycles. The lowest BCUT2D eigenvalue weighted by atomic mass is 9.61. The van der Waals surface area contributed by atoms with Crippen molar-refractivity contribution in [2.45, 2.75) is 51.5 Å². The fraction of sp³-hybridized carbons (Fsp3) is 0.242. The number of furan rings is 1. The van der Waals surface area contributed by atoms with Gasteiger partial charge in [-0.05, 0) is 55.7 Å². The van der Waals surface area contributed by atoms with Gasteiger partial charge < -0.3 is 4.42 Å². The van der Waals surface area contributed by atoms with Gasteiger partial charge in [-0.3, -0.25) is 0 Å². The van der Waals surface area contributed by atoms with E-state index in [1.165, 1.54) is 28.0 Å². The maximum atomic E-state index is 6.55. The fourth-order valence-electron chi connectivity index (χ4n) is 6.88. The molecule has 1 aliphatic rings. The zero-order valence-corrected chi connectivity index (χ0v) is 21.4. The third-order valence-electron chi connectivity index (χ3n) is 9.25. The van der Waals surface area contributed by atoms with Crippen molar-refractivity contribution < 1.29 is 8.98 Å². The van der Waals surface area contributed by atoms with Crippen molar-refractivity contribution in [3.05, 3.63) is 96.6 Å². The average molecular weight is 472 g/mol. The molecule has 7 rings (SSSR count). The van der Waals surface area contributed by atoms with Gasteiger partial charge in [0.05, 0.1) is 5.56 Å². The van der Waals surface area contributed by atoms with Crippen LogP contribution in [0.3, 0.4) is 0 Å². The molecule has 1 aliphatic heterocycles. The first kappa shape index (κ1) is 21.4. The van der Waals surface area contributed by atoms with Gasteiger partial charge in [-0.25, -0.2) is 4.57 Å². The summed E-state index contributed by atoms with van der Waals surface area (Å²) in [6.45, 7) is 9.58. The van der Waals surface area contributed by atoms with E-state index in [1.807, 2.05) is 6.07 Å². The highest BCUT2D eigenvalue weighted by Gasteiger charge is 2.56. The molecule has 2 atom stereocenters. The first-order valence-electron chi connectivity index (χ1n) is 13.1. The molecule has 3 heterocycles. The summed E-state index contributed by atoms with van der Waals surface area (Å²) in [4.78, 5) is 0. The Hall–Kier alpha value is -3.85. The minimum absolute atomic E-state index is 0.00363. The molecule has 2 aromatic heterocycles. The average Bonchev–Trinajstić information content (AvgIpc) is 3.48. The zero-order chi connectivity index (χ0) is 24.7. The van der Waals surface area contributed by atoms with Gasteiger partial charge in [0.15, 0.2) is 22.3 Å². The first-order chi connectivity index (χ1) is 17.5. The highest BCUT2D eigenvalue weighted by atomic mass is 16.3. The number of hydrogen-bond acceptors (Lipinski definition) is 1. The lowest BCUT2D eigenvalue weighted by Crippen LogP contribution is -2.67. The van der Waals surface area contributed by atoms with E-state index in [0.717, 1.165) is 40.5 Å². The number of aromatic nitrogens is 2. The van der Waals surface area contributed by atoms with Crippen molar-refractivity contribution >= 4 is 33.0 Å². The first-order valence-corrected chi connectivity index (χ1v) is 13.1. The molecular weight excluding hydrogens is 440 g/mol. The number of hydrogen-bond donors (Lipinski definition) is 0.